The Morgan fingerprint density at radius 2 is 1.81 bits per heavy atom. The second-order valence-corrected chi connectivity index (χ2v) is 14.8. The first kappa shape index (κ1) is 30.1. The third kappa shape index (κ3) is 5.06. The van der Waals surface area contributed by atoms with Crippen LogP contribution < -0.4 is 15.0 Å². The molecular formula is C38H39F2N5O3. The maximum absolute atomic E-state index is 17.2. The molecule has 5 heterocycles. The summed E-state index contributed by atoms with van der Waals surface area (Å²) in [5.74, 6) is 3.13. The summed E-state index contributed by atoms with van der Waals surface area (Å²) < 4.78 is 44.2. The molecule has 4 aliphatic heterocycles. The van der Waals surface area contributed by atoms with Gasteiger partial charge in [0.2, 0.25) is 0 Å². The minimum absolute atomic E-state index is 0.0222. The highest BCUT2D eigenvalue weighted by Crippen LogP contribution is 2.48. The molecule has 2 N–H and O–H groups in total. The SMILES string of the molecule is C#Cc1c(F)ccc2cc(O)cc(-c3c(C)cc4c(N5CC6CCC(C5)N6)nc(OCC5(CN6C[C@H]7COC[C@H]7C6)CC5)nc4c3F)c12. The number of hydrogen-bond donors (Lipinski definition) is 2. The van der Waals surface area contributed by atoms with Gasteiger partial charge in [0.15, 0.2) is 5.82 Å². The third-order valence-electron chi connectivity index (χ3n) is 11.4. The lowest BCUT2D eigenvalue weighted by Gasteiger charge is -2.34. The Labute approximate surface area is 278 Å². The van der Waals surface area contributed by atoms with E-state index in [-0.39, 0.29) is 33.8 Å². The summed E-state index contributed by atoms with van der Waals surface area (Å²) in [4.78, 5) is 14.5. The van der Waals surface area contributed by atoms with Crippen LogP contribution in [0.3, 0.4) is 0 Å². The van der Waals surface area contributed by atoms with Crippen LogP contribution in [0.1, 0.15) is 36.8 Å². The Balaban J connectivity index is 1.13. The average molecular weight is 652 g/mol. The van der Waals surface area contributed by atoms with Crippen molar-refractivity contribution < 1.29 is 23.4 Å². The van der Waals surface area contributed by atoms with E-state index in [4.69, 9.17) is 25.9 Å². The molecule has 5 aliphatic rings. The molecule has 10 heteroatoms. The molecular weight excluding hydrogens is 612 g/mol. The number of likely N-dealkylation sites (tertiary alicyclic amines) is 1. The number of aromatic nitrogens is 2. The molecule has 2 bridgehead atoms. The summed E-state index contributed by atoms with van der Waals surface area (Å²) in [6, 6.07) is 8.52. The predicted molar refractivity (Wildman–Crippen MR) is 180 cm³/mol. The lowest BCUT2D eigenvalue weighted by molar-refractivity contribution is 0.131. The van der Waals surface area contributed by atoms with Crippen molar-refractivity contribution >= 4 is 27.5 Å². The van der Waals surface area contributed by atoms with E-state index in [1.165, 1.54) is 18.2 Å². The molecule has 248 valence electrons. The van der Waals surface area contributed by atoms with Crippen LogP contribution in [-0.4, -0.2) is 84.6 Å². The van der Waals surface area contributed by atoms with Gasteiger partial charge < -0.3 is 29.7 Å². The van der Waals surface area contributed by atoms with Crippen LogP contribution in [0.2, 0.25) is 0 Å². The summed E-state index contributed by atoms with van der Waals surface area (Å²) in [5.41, 5.74) is 1.33. The normalized spacial score (nSPS) is 25.9. The van der Waals surface area contributed by atoms with E-state index in [1.807, 2.05) is 13.0 Å². The van der Waals surface area contributed by atoms with Gasteiger partial charge in [-0.3, -0.25) is 0 Å². The second kappa shape index (κ2) is 11.3. The lowest BCUT2D eigenvalue weighted by Crippen LogP contribution is -2.51. The molecule has 9 rings (SSSR count). The van der Waals surface area contributed by atoms with Gasteiger partial charge in [-0.05, 0) is 73.4 Å². The fraction of sp³-hybridized carbons (Fsp3) is 0.474. The lowest BCUT2D eigenvalue weighted by atomic mass is 9.90. The standard InChI is InChI=1S/C38H39F2N5O3/c1-3-28-31(39)7-4-22-11-27(46)12-29(33(22)28)32-21(2)10-30-35(34(32)40)42-37(43-36(30)45-15-25-5-6-26(16-45)41-25)48-20-38(8-9-38)19-44-13-23-17-47-18-24(23)14-44/h1,4,7,10-12,23-26,41,46H,5-6,8-9,13-20H2,2H3/t23-,24+,25?,26?. The summed E-state index contributed by atoms with van der Waals surface area (Å²) in [7, 11) is 0. The minimum atomic E-state index is -0.581. The highest BCUT2D eigenvalue weighted by atomic mass is 19.1. The Bertz CT molecular complexity index is 1980. The topological polar surface area (TPSA) is 83.0 Å². The quantitative estimate of drug-likeness (QED) is 0.257. The van der Waals surface area contributed by atoms with Crippen LogP contribution in [0.15, 0.2) is 30.3 Å². The van der Waals surface area contributed by atoms with Gasteiger partial charge in [-0.15, -0.1) is 6.42 Å². The van der Waals surface area contributed by atoms with Gasteiger partial charge in [0.05, 0.1) is 25.4 Å². The van der Waals surface area contributed by atoms with Crippen LogP contribution >= 0.6 is 0 Å². The molecule has 4 aromatic rings. The van der Waals surface area contributed by atoms with E-state index in [9.17, 15) is 9.50 Å². The van der Waals surface area contributed by atoms with Crippen molar-refractivity contribution in [3.05, 3.63) is 53.1 Å². The van der Waals surface area contributed by atoms with E-state index >= 15 is 4.39 Å². The molecule has 8 nitrogen and oxygen atoms in total. The van der Waals surface area contributed by atoms with Gasteiger partial charge in [-0.2, -0.15) is 9.97 Å². The molecule has 48 heavy (non-hydrogen) atoms. The Hall–Kier alpha value is -4.04. The van der Waals surface area contributed by atoms with Crippen molar-refractivity contribution in [3.63, 3.8) is 0 Å². The number of nitrogens with one attached hydrogen (secondary N) is 1. The zero-order valence-corrected chi connectivity index (χ0v) is 27.1. The van der Waals surface area contributed by atoms with Gasteiger partial charge in [0.1, 0.15) is 22.9 Å². The largest absolute Gasteiger partial charge is 0.508 e. The monoisotopic (exact) mass is 651 g/mol. The number of aromatic hydroxyl groups is 1. The van der Waals surface area contributed by atoms with E-state index < -0.39 is 11.6 Å². The van der Waals surface area contributed by atoms with Crippen LogP contribution in [-0.2, 0) is 4.74 Å². The number of hydrogen-bond acceptors (Lipinski definition) is 8. The Morgan fingerprint density at radius 3 is 2.52 bits per heavy atom. The van der Waals surface area contributed by atoms with Crippen molar-refractivity contribution in [2.24, 2.45) is 17.3 Å². The molecule has 5 fully saturated rings. The van der Waals surface area contributed by atoms with E-state index in [0.717, 1.165) is 71.6 Å². The fourth-order valence-electron chi connectivity index (χ4n) is 8.82. The number of fused-ring (bicyclic) bond motifs is 5. The van der Waals surface area contributed by atoms with E-state index in [1.54, 1.807) is 6.07 Å². The number of phenols is 1. The number of benzene rings is 3. The molecule has 3 aromatic carbocycles. The number of piperazine rings is 1. The molecule has 1 saturated carbocycles. The molecule has 0 radical (unpaired) electrons. The molecule has 0 amide bonds. The minimum Gasteiger partial charge on any atom is -0.508 e. The second-order valence-electron chi connectivity index (χ2n) is 14.8. The molecule has 4 saturated heterocycles. The van der Waals surface area contributed by atoms with Crippen LogP contribution in [0.5, 0.6) is 11.8 Å². The van der Waals surface area contributed by atoms with Gasteiger partial charge in [-0.25, -0.2) is 8.78 Å². The highest BCUT2D eigenvalue weighted by Gasteiger charge is 2.48. The number of rotatable bonds is 7. The number of ether oxygens (including phenoxy) is 2. The summed E-state index contributed by atoms with van der Waals surface area (Å²) in [6.45, 7) is 8.62. The number of nitrogens with zero attached hydrogens (tertiary/aromatic N) is 4. The van der Waals surface area contributed by atoms with Crippen molar-refractivity contribution in [2.75, 3.05) is 57.4 Å². The Kier molecular flexibility index (Phi) is 7.05. The first-order valence-electron chi connectivity index (χ1n) is 17.1. The Morgan fingerprint density at radius 1 is 1.06 bits per heavy atom. The fourth-order valence-corrected chi connectivity index (χ4v) is 8.82. The molecule has 1 aliphatic carbocycles. The van der Waals surface area contributed by atoms with Crippen LogP contribution in [0, 0.1) is 48.2 Å². The zero-order chi connectivity index (χ0) is 32.7. The smallest absolute Gasteiger partial charge is 0.319 e. The van der Waals surface area contributed by atoms with Crippen molar-refractivity contribution in [1.82, 2.24) is 20.2 Å². The van der Waals surface area contributed by atoms with Gasteiger partial charge in [0.25, 0.3) is 0 Å². The van der Waals surface area contributed by atoms with Crippen LogP contribution in [0.4, 0.5) is 14.6 Å². The third-order valence-corrected chi connectivity index (χ3v) is 11.4. The van der Waals surface area contributed by atoms with Crippen LogP contribution in [0.25, 0.3) is 32.8 Å². The highest BCUT2D eigenvalue weighted by molar-refractivity contribution is 6.05. The number of aryl methyl sites for hydroxylation is 1. The molecule has 1 aromatic heterocycles. The molecule has 4 atom stereocenters. The average Bonchev–Trinajstić information content (AvgIpc) is 3.31. The predicted octanol–water partition coefficient (Wildman–Crippen LogP) is 5.40. The van der Waals surface area contributed by atoms with Gasteiger partial charge in [0, 0.05) is 78.4 Å². The first-order chi connectivity index (χ1) is 23.3. The summed E-state index contributed by atoms with van der Waals surface area (Å²) in [6.07, 6.45) is 10.1. The maximum atomic E-state index is 17.2. The van der Waals surface area contributed by atoms with Crippen molar-refractivity contribution in [2.45, 2.75) is 44.7 Å². The number of phenolic OH excluding ortho intramolecular Hbond substituents is 1. The number of halogens is 2. The zero-order valence-electron chi connectivity index (χ0n) is 27.1. The molecule has 2 unspecified atom stereocenters. The van der Waals surface area contributed by atoms with Gasteiger partial charge in [-0.1, -0.05) is 12.0 Å². The summed E-state index contributed by atoms with van der Waals surface area (Å²) >= 11 is 0. The van der Waals surface area contributed by atoms with E-state index in [0.29, 0.717) is 63.6 Å². The van der Waals surface area contributed by atoms with Crippen molar-refractivity contribution in [1.29, 1.82) is 0 Å². The van der Waals surface area contributed by atoms with E-state index in [2.05, 4.69) is 21.0 Å². The maximum Gasteiger partial charge on any atom is 0.319 e. The molecule has 0 spiro atoms. The van der Waals surface area contributed by atoms with Gasteiger partial charge >= 0.3 is 6.01 Å². The number of anilines is 1. The van der Waals surface area contributed by atoms with Crippen molar-refractivity contribution in [3.8, 4) is 35.2 Å². The first-order valence-corrected chi connectivity index (χ1v) is 17.1. The summed E-state index contributed by atoms with van der Waals surface area (Å²) in [5, 5.41) is 15.8. The number of terminal acetylenes is 1.